The van der Waals surface area contributed by atoms with E-state index in [0.717, 1.165) is 0 Å². The summed E-state index contributed by atoms with van der Waals surface area (Å²) in [5, 5.41) is 8.18. The Balaban J connectivity index is -0.000000320. The molecule has 0 aliphatic carbocycles. The number of primary amides is 1. The minimum Gasteiger partial charge on any atom is -0.813 e. The molecular weight excluding hydrogens is 202 g/mol. The molecular formula is C4H4N2Na2OS2. The molecule has 1 atom stereocenters. The minimum absolute atomic E-state index is 0. The van der Waals surface area contributed by atoms with Crippen molar-refractivity contribution in [3.8, 4) is 6.07 Å². The van der Waals surface area contributed by atoms with Crippen molar-refractivity contribution >= 4 is 31.2 Å². The van der Waals surface area contributed by atoms with E-state index < -0.39 is 16.4 Å². The van der Waals surface area contributed by atoms with Gasteiger partial charge in [0.1, 0.15) is 0 Å². The summed E-state index contributed by atoms with van der Waals surface area (Å²) in [6.45, 7) is 0. The van der Waals surface area contributed by atoms with Crippen molar-refractivity contribution in [2.75, 3.05) is 0 Å². The van der Waals surface area contributed by atoms with Gasteiger partial charge in [-0.15, -0.1) is 0 Å². The third-order valence-electron chi connectivity index (χ3n) is 0.718. The molecule has 2 N–H and O–H groups in total. The maximum Gasteiger partial charge on any atom is 1.00 e. The summed E-state index contributed by atoms with van der Waals surface area (Å²) in [5.41, 5.74) is 4.75. The molecule has 3 nitrogen and oxygen atoms in total. The number of carbonyl (C=O) groups is 1. The van der Waals surface area contributed by atoms with Crippen LogP contribution in [0.2, 0.25) is 0 Å². The van der Waals surface area contributed by atoms with E-state index in [1.54, 1.807) is 6.07 Å². The van der Waals surface area contributed by atoms with Gasteiger partial charge in [0.05, 0.1) is 12.0 Å². The Hall–Kier alpha value is 1.66. The third kappa shape index (κ3) is 8.00. The maximum absolute atomic E-state index is 10.2. The summed E-state index contributed by atoms with van der Waals surface area (Å²) in [6.07, 6.45) is 0. The molecule has 0 radical (unpaired) electrons. The molecule has 50 valence electrons. The van der Waals surface area contributed by atoms with E-state index in [4.69, 9.17) is 11.0 Å². The average Bonchev–Trinajstić information content (AvgIpc) is 1.64. The zero-order valence-electron chi connectivity index (χ0n) is 6.40. The molecule has 1 unspecified atom stereocenters. The van der Waals surface area contributed by atoms with Gasteiger partial charge in [0, 0.05) is 0 Å². The van der Waals surface area contributed by atoms with Crippen LogP contribution in [0.4, 0.5) is 0 Å². The Labute approximate surface area is 121 Å². The molecule has 11 heavy (non-hydrogen) atoms. The first-order valence-electron chi connectivity index (χ1n) is 2.10. The fourth-order valence-corrected chi connectivity index (χ4v) is 0.649. The Morgan fingerprint density at radius 3 is 1.82 bits per heavy atom. The summed E-state index contributed by atoms with van der Waals surface area (Å²) in [5.74, 6) is -1.75. The molecule has 0 rings (SSSR count). The molecule has 0 aromatic carbocycles. The van der Waals surface area contributed by atoms with Crippen molar-refractivity contribution in [1.82, 2.24) is 0 Å². The van der Waals surface area contributed by atoms with E-state index in [0.29, 0.717) is 0 Å². The van der Waals surface area contributed by atoms with Crippen LogP contribution in [-0.2, 0) is 30.1 Å². The summed E-state index contributed by atoms with van der Waals surface area (Å²) in [6, 6.07) is 1.62. The van der Waals surface area contributed by atoms with Gasteiger partial charge >= 0.3 is 59.1 Å². The van der Waals surface area contributed by atoms with Crippen LogP contribution in [0.1, 0.15) is 0 Å². The topological polar surface area (TPSA) is 66.9 Å². The van der Waals surface area contributed by atoms with Crippen molar-refractivity contribution < 1.29 is 63.9 Å². The van der Waals surface area contributed by atoms with Crippen LogP contribution >= 0.6 is 0 Å². The molecule has 1 amide bonds. The first-order valence-corrected chi connectivity index (χ1v) is 3.04. The number of carbonyl (C=O) groups excluding carboxylic acids is 1. The van der Waals surface area contributed by atoms with Gasteiger partial charge in [0.15, 0.2) is 0 Å². The van der Waals surface area contributed by atoms with E-state index in [-0.39, 0.29) is 59.1 Å². The van der Waals surface area contributed by atoms with E-state index in [9.17, 15) is 4.79 Å². The van der Waals surface area contributed by atoms with Gasteiger partial charge in [0.2, 0.25) is 5.91 Å². The second-order valence-corrected chi connectivity index (χ2v) is 2.69. The van der Waals surface area contributed by atoms with Gasteiger partial charge in [-0.3, -0.25) is 9.38 Å². The SMILES string of the molecule is N#CC(C(N)=O)C([S-])[S-].[Na+].[Na+]. The van der Waals surface area contributed by atoms with Crippen molar-refractivity contribution in [3.05, 3.63) is 0 Å². The second-order valence-electron chi connectivity index (χ2n) is 1.38. The third-order valence-corrected chi connectivity index (χ3v) is 1.26. The summed E-state index contributed by atoms with van der Waals surface area (Å²) in [7, 11) is 0. The summed E-state index contributed by atoms with van der Waals surface area (Å²) >= 11 is 8.93. The fraction of sp³-hybridized carbons (Fsp3) is 0.500. The second kappa shape index (κ2) is 9.75. The zero-order valence-corrected chi connectivity index (χ0v) is 12.0. The maximum atomic E-state index is 10.2. The first kappa shape index (κ1) is 18.4. The largest absolute Gasteiger partial charge is 1.00 e. The van der Waals surface area contributed by atoms with Crippen molar-refractivity contribution in [1.29, 1.82) is 5.26 Å². The minimum atomic E-state index is -1.00. The fourth-order valence-electron chi connectivity index (χ4n) is 0.259. The molecule has 0 saturated carbocycles. The van der Waals surface area contributed by atoms with Crippen molar-refractivity contribution in [2.24, 2.45) is 11.7 Å². The molecule has 0 saturated heterocycles. The van der Waals surface area contributed by atoms with E-state index in [2.05, 4.69) is 25.3 Å². The monoisotopic (exact) mass is 206 g/mol. The number of hydrogen-bond acceptors (Lipinski definition) is 4. The van der Waals surface area contributed by atoms with Crippen LogP contribution in [0.3, 0.4) is 0 Å². The number of hydrogen-bond donors (Lipinski definition) is 1. The molecule has 0 spiro atoms. The molecule has 0 bridgehead atoms. The average molecular weight is 206 g/mol. The van der Waals surface area contributed by atoms with Gasteiger partial charge < -0.3 is 31.0 Å². The van der Waals surface area contributed by atoms with Crippen LogP contribution in [0, 0.1) is 17.2 Å². The van der Waals surface area contributed by atoms with Gasteiger partial charge in [0.25, 0.3) is 0 Å². The standard InChI is InChI=1S/C4H6N2OS2.2Na/c5-1-2(3(6)7)4(8)9;;/h2,4,8-9H,(H2,6,7);;/q;2*+1/p-2. The van der Waals surface area contributed by atoms with Crippen LogP contribution in [0.25, 0.3) is 0 Å². The number of amides is 1. The molecule has 0 aromatic heterocycles. The predicted molar refractivity (Wildman–Crippen MR) is 36.8 cm³/mol. The normalized spacial score (nSPS) is 10.4. The zero-order chi connectivity index (χ0) is 7.44. The Kier molecular flexibility index (Phi) is 16.3. The summed E-state index contributed by atoms with van der Waals surface area (Å²) < 4.78 is -0.812. The Morgan fingerprint density at radius 1 is 1.45 bits per heavy atom. The predicted octanol–water partition coefficient (Wildman–Crippen LogP) is -6.96. The number of nitriles is 1. The molecule has 0 aliphatic heterocycles. The van der Waals surface area contributed by atoms with E-state index in [1.807, 2.05) is 0 Å². The molecule has 0 aromatic rings. The quantitative estimate of drug-likeness (QED) is 0.360. The van der Waals surface area contributed by atoms with E-state index in [1.165, 1.54) is 0 Å². The Bertz CT molecular complexity index is 159. The molecule has 7 heteroatoms. The van der Waals surface area contributed by atoms with Crippen LogP contribution in [0.15, 0.2) is 0 Å². The van der Waals surface area contributed by atoms with Gasteiger partial charge in [-0.1, -0.05) is 0 Å². The van der Waals surface area contributed by atoms with Gasteiger partial charge in [-0.25, -0.2) is 0 Å². The van der Waals surface area contributed by atoms with Crippen LogP contribution < -0.4 is 64.8 Å². The van der Waals surface area contributed by atoms with Gasteiger partial charge in [-0.2, -0.15) is 5.26 Å². The van der Waals surface area contributed by atoms with E-state index >= 15 is 0 Å². The summed E-state index contributed by atoms with van der Waals surface area (Å²) in [4.78, 5) is 10.2. The Morgan fingerprint density at radius 2 is 1.82 bits per heavy atom. The van der Waals surface area contributed by atoms with Crippen molar-refractivity contribution in [3.63, 3.8) is 0 Å². The molecule has 0 aliphatic rings. The van der Waals surface area contributed by atoms with Crippen LogP contribution in [-0.4, -0.2) is 10.5 Å². The van der Waals surface area contributed by atoms with Gasteiger partial charge in [-0.05, 0) is 0 Å². The molecule has 0 fully saturated rings. The molecule has 0 heterocycles. The van der Waals surface area contributed by atoms with Crippen molar-refractivity contribution in [2.45, 2.75) is 4.58 Å². The number of nitrogens with zero attached hydrogens (tertiary/aromatic N) is 1. The van der Waals surface area contributed by atoms with Crippen LogP contribution in [0.5, 0.6) is 0 Å². The smallest absolute Gasteiger partial charge is 0.813 e. The number of rotatable bonds is 2. The first-order chi connectivity index (χ1) is 4.09. The number of nitrogens with two attached hydrogens (primary N) is 1.